The molecule has 6 nitrogen and oxygen atoms in total. The predicted molar refractivity (Wildman–Crippen MR) is 83.6 cm³/mol. The van der Waals surface area contributed by atoms with Crippen LogP contribution in [0.1, 0.15) is 13.8 Å². The van der Waals surface area contributed by atoms with Gasteiger partial charge in [-0.25, -0.2) is 4.72 Å². The molecule has 118 valence electrons. The maximum atomic E-state index is 11.8. The van der Waals surface area contributed by atoms with Gasteiger partial charge >= 0.3 is 0 Å². The van der Waals surface area contributed by atoms with Gasteiger partial charge in [-0.2, -0.15) is 12.7 Å². The summed E-state index contributed by atoms with van der Waals surface area (Å²) in [4.78, 5) is 2.26. The van der Waals surface area contributed by atoms with Crippen LogP contribution in [0.25, 0.3) is 0 Å². The van der Waals surface area contributed by atoms with Gasteiger partial charge in [0.15, 0.2) is 0 Å². The zero-order valence-corrected chi connectivity index (χ0v) is 14.2. The Morgan fingerprint density at radius 2 is 1.79 bits per heavy atom. The Morgan fingerprint density at radius 1 is 1.26 bits per heavy atom. The lowest BCUT2D eigenvalue weighted by Gasteiger charge is -2.28. The number of hydrogen-bond acceptors (Lipinski definition) is 4. The van der Waals surface area contributed by atoms with Gasteiger partial charge in [-0.3, -0.25) is 4.90 Å². The van der Waals surface area contributed by atoms with Crippen LogP contribution < -0.4 is 10.0 Å². The van der Waals surface area contributed by atoms with Crippen molar-refractivity contribution in [3.05, 3.63) is 0 Å². The second kappa shape index (κ2) is 10.1. The van der Waals surface area contributed by atoms with E-state index in [4.69, 9.17) is 0 Å². The molecule has 0 spiro atoms. The molecule has 1 aliphatic heterocycles. The highest BCUT2D eigenvalue weighted by Crippen LogP contribution is 2.00. The van der Waals surface area contributed by atoms with Crippen LogP contribution in [0.2, 0.25) is 0 Å². The van der Waals surface area contributed by atoms with Gasteiger partial charge in [0.2, 0.25) is 0 Å². The second-order valence-electron chi connectivity index (χ2n) is 4.60. The molecule has 1 saturated heterocycles. The van der Waals surface area contributed by atoms with Crippen LogP contribution in [0, 0.1) is 0 Å². The molecule has 0 aromatic rings. The molecule has 0 aromatic heterocycles. The van der Waals surface area contributed by atoms with Crippen molar-refractivity contribution in [1.82, 2.24) is 19.2 Å². The zero-order chi connectivity index (χ0) is 12.9. The van der Waals surface area contributed by atoms with Gasteiger partial charge in [0.05, 0.1) is 0 Å². The molecule has 0 bridgehead atoms. The lowest BCUT2D eigenvalue weighted by Crippen LogP contribution is -2.48. The maximum absolute atomic E-state index is 11.8. The average molecular weight is 337 g/mol. The third kappa shape index (κ3) is 7.65. The minimum atomic E-state index is -3.32. The van der Waals surface area contributed by atoms with Gasteiger partial charge in [-0.1, -0.05) is 0 Å². The van der Waals surface area contributed by atoms with Crippen molar-refractivity contribution in [2.75, 3.05) is 46.3 Å². The summed E-state index contributed by atoms with van der Waals surface area (Å²) in [5.41, 5.74) is 0. The van der Waals surface area contributed by atoms with E-state index >= 15 is 0 Å². The van der Waals surface area contributed by atoms with Gasteiger partial charge in [0, 0.05) is 52.4 Å². The summed E-state index contributed by atoms with van der Waals surface area (Å²) in [5.74, 6) is 0. The molecule has 0 aliphatic carbocycles. The van der Waals surface area contributed by atoms with E-state index in [2.05, 4.69) is 14.9 Å². The van der Waals surface area contributed by atoms with Crippen LogP contribution in [-0.2, 0) is 10.2 Å². The molecule has 19 heavy (non-hydrogen) atoms. The molecular formula is C10H26Cl2N4O2S. The predicted octanol–water partition coefficient (Wildman–Crippen LogP) is -0.0902. The van der Waals surface area contributed by atoms with Crippen LogP contribution in [-0.4, -0.2) is 70.0 Å². The van der Waals surface area contributed by atoms with Crippen molar-refractivity contribution in [1.29, 1.82) is 0 Å². The Hall–Kier alpha value is 0.370. The average Bonchev–Trinajstić information content (AvgIpc) is 2.29. The van der Waals surface area contributed by atoms with Crippen LogP contribution in [0.4, 0.5) is 0 Å². The van der Waals surface area contributed by atoms with E-state index in [1.807, 2.05) is 13.8 Å². The van der Waals surface area contributed by atoms with E-state index in [0.29, 0.717) is 6.54 Å². The topological polar surface area (TPSA) is 64.7 Å². The number of rotatable bonds is 6. The van der Waals surface area contributed by atoms with Crippen LogP contribution in [0.5, 0.6) is 0 Å². The van der Waals surface area contributed by atoms with E-state index in [1.54, 1.807) is 7.05 Å². The number of nitrogens with one attached hydrogen (secondary N) is 2. The quantitative estimate of drug-likeness (QED) is 0.711. The molecular weight excluding hydrogens is 311 g/mol. The Kier molecular flexibility index (Phi) is 11.6. The maximum Gasteiger partial charge on any atom is 0.279 e. The number of nitrogens with zero attached hydrogens (tertiary/aromatic N) is 2. The molecule has 0 unspecified atom stereocenters. The largest absolute Gasteiger partial charge is 0.314 e. The van der Waals surface area contributed by atoms with Crippen LogP contribution >= 0.6 is 24.8 Å². The van der Waals surface area contributed by atoms with E-state index in [0.717, 1.165) is 32.7 Å². The molecule has 0 atom stereocenters. The number of piperazine rings is 1. The first-order valence-electron chi connectivity index (χ1n) is 6.09. The van der Waals surface area contributed by atoms with Crippen LogP contribution in [0.15, 0.2) is 0 Å². The summed E-state index contributed by atoms with van der Waals surface area (Å²) in [6, 6.07) is -0.0216. The van der Waals surface area contributed by atoms with Crippen LogP contribution in [0.3, 0.4) is 0 Å². The zero-order valence-electron chi connectivity index (χ0n) is 11.8. The fourth-order valence-corrected chi connectivity index (χ4v) is 2.75. The first kappa shape index (κ1) is 21.7. The molecule has 1 heterocycles. The van der Waals surface area contributed by atoms with E-state index in [1.165, 1.54) is 4.31 Å². The van der Waals surface area contributed by atoms with E-state index in [-0.39, 0.29) is 30.9 Å². The lowest BCUT2D eigenvalue weighted by atomic mass is 10.3. The van der Waals surface area contributed by atoms with Crippen molar-refractivity contribution >= 4 is 35.0 Å². The van der Waals surface area contributed by atoms with E-state index in [9.17, 15) is 8.42 Å². The van der Waals surface area contributed by atoms with Gasteiger partial charge in [0.25, 0.3) is 10.2 Å². The number of hydrogen-bond donors (Lipinski definition) is 2. The van der Waals surface area contributed by atoms with Gasteiger partial charge in [0.1, 0.15) is 0 Å². The minimum absolute atomic E-state index is 0. The third-order valence-corrected chi connectivity index (χ3v) is 4.78. The third-order valence-electron chi connectivity index (χ3n) is 3.03. The SMILES string of the molecule is CC(C)N(C)S(=O)(=O)NCCN1CCNCC1.Cl.Cl. The molecule has 1 aliphatic rings. The highest BCUT2D eigenvalue weighted by Gasteiger charge is 2.20. The molecule has 0 amide bonds. The van der Waals surface area contributed by atoms with Crippen molar-refractivity contribution < 1.29 is 8.42 Å². The Morgan fingerprint density at radius 3 is 2.26 bits per heavy atom. The van der Waals surface area contributed by atoms with Crippen molar-refractivity contribution in [3.8, 4) is 0 Å². The highest BCUT2D eigenvalue weighted by molar-refractivity contribution is 7.87. The second-order valence-corrected chi connectivity index (χ2v) is 6.42. The molecule has 0 radical (unpaired) electrons. The Bertz CT molecular complexity index is 321. The standard InChI is InChI=1S/C10H24N4O2S.2ClH/c1-10(2)13(3)17(15,16)12-6-9-14-7-4-11-5-8-14;;/h10-12H,4-9H2,1-3H3;2*1H. The molecule has 0 aromatic carbocycles. The molecule has 0 saturated carbocycles. The summed E-state index contributed by atoms with van der Waals surface area (Å²) in [6.45, 7) is 8.90. The summed E-state index contributed by atoms with van der Waals surface area (Å²) in [6.07, 6.45) is 0. The summed E-state index contributed by atoms with van der Waals surface area (Å²) in [5, 5.41) is 3.27. The van der Waals surface area contributed by atoms with Gasteiger partial charge in [-0.15, -0.1) is 24.8 Å². The van der Waals surface area contributed by atoms with Crippen molar-refractivity contribution in [3.63, 3.8) is 0 Å². The van der Waals surface area contributed by atoms with Crippen molar-refractivity contribution in [2.45, 2.75) is 19.9 Å². The minimum Gasteiger partial charge on any atom is -0.314 e. The highest BCUT2D eigenvalue weighted by atomic mass is 35.5. The molecule has 9 heteroatoms. The normalized spacial score (nSPS) is 17.1. The fraction of sp³-hybridized carbons (Fsp3) is 1.00. The van der Waals surface area contributed by atoms with E-state index < -0.39 is 10.2 Å². The van der Waals surface area contributed by atoms with Crippen molar-refractivity contribution in [2.24, 2.45) is 0 Å². The summed E-state index contributed by atoms with van der Waals surface area (Å²) >= 11 is 0. The lowest BCUT2D eigenvalue weighted by molar-refractivity contribution is 0.244. The Balaban J connectivity index is 0. The molecule has 1 rings (SSSR count). The summed E-state index contributed by atoms with van der Waals surface area (Å²) in [7, 11) is -1.72. The monoisotopic (exact) mass is 336 g/mol. The molecule has 1 fully saturated rings. The van der Waals surface area contributed by atoms with Gasteiger partial charge in [-0.05, 0) is 13.8 Å². The van der Waals surface area contributed by atoms with Gasteiger partial charge < -0.3 is 5.32 Å². The Labute approximate surface area is 129 Å². The fourth-order valence-electron chi connectivity index (χ4n) is 1.65. The first-order valence-corrected chi connectivity index (χ1v) is 7.53. The smallest absolute Gasteiger partial charge is 0.279 e. The molecule has 2 N–H and O–H groups in total. The number of halogens is 2. The summed E-state index contributed by atoms with van der Waals surface area (Å²) < 4.78 is 27.6. The first-order chi connectivity index (χ1) is 7.93.